The van der Waals surface area contributed by atoms with Gasteiger partial charge in [0.05, 0.1) is 0 Å². The number of amides is 1. The number of nitrogens with zero attached hydrogens (tertiary/aromatic N) is 2. The molecule has 0 fully saturated rings. The van der Waals surface area contributed by atoms with Gasteiger partial charge in [-0.3, -0.25) is 4.79 Å². The van der Waals surface area contributed by atoms with Crippen molar-refractivity contribution in [1.29, 1.82) is 0 Å². The maximum Gasteiger partial charge on any atom is 0.227 e. The zero-order valence-corrected chi connectivity index (χ0v) is 14.2. The number of aromatic nitrogens is 2. The average molecular weight is 360 g/mol. The first-order valence-electron chi connectivity index (χ1n) is 7.66. The number of nitrogens with one attached hydrogen (secondary N) is 1. The maximum absolute atomic E-state index is 13.2. The van der Waals surface area contributed by atoms with Crippen LogP contribution in [0.1, 0.15) is 17.9 Å². The van der Waals surface area contributed by atoms with Crippen LogP contribution in [0, 0.1) is 12.7 Å². The van der Waals surface area contributed by atoms with Crippen LogP contribution in [0.4, 0.5) is 10.1 Å². The fourth-order valence-corrected chi connectivity index (χ4v) is 2.44. The number of benzene rings is 2. The molecule has 1 heterocycles. The molecule has 0 aliphatic carbocycles. The highest BCUT2D eigenvalue weighted by molar-refractivity contribution is 6.31. The molecule has 0 unspecified atom stereocenters. The Hall–Kier alpha value is -2.73. The lowest BCUT2D eigenvalue weighted by Crippen LogP contribution is -2.13. The Morgan fingerprint density at radius 1 is 1.28 bits per heavy atom. The van der Waals surface area contributed by atoms with Gasteiger partial charge in [0, 0.05) is 29.1 Å². The monoisotopic (exact) mass is 359 g/mol. The van der Waals surface area contributed by atoms with E-state index in [0.717, 1.165) is 5.56 Å². The average Bonchev–Trinajstić information content (AvgIpc) is 3.05. The van der Waals surface area contributed by atoms with Gasteiger partial charge in [0.1, 0.15) is 5.82 Å². The Kier molecular flexibility index (Phi) is 5.09. The van der Waals surface area contributed by atoms with E-state index in [0.29, 0.717) is 28.0 Å². The van der Waals surface area contributed by atoms with Gasteiger partial charge in [0.25, 0.3) is 0 Å². The first-order chi connectivity index (χ1) is 12.0. The third-order valence-electron chi connectivity index (χ3n) is 3.59. The maximum atomic E-state index is 13.2. The fraction of sp³-hybridized carbons (Fsp3) is 0.167. The summed E-state index contributed by atoms with van der Waals surface area (Å²) in [6.07, 6.45) is 0.463. The summed E-state index contributed by atoms with van der Waals surface area (Å²) in [4.78, 5) is 16.3. The molecule has 2 aromatic carbocycles. The van der Waals surface area contributed by atoms with E-state index in [-0.39, 0.29) is 24.6 Å². The van der Waals surface area contributed by atoms with Crippen LogP contribution in [0.25, 0.3) is 11.4 Å². The Bertz CT molecular complexity index is 911. The minimum Gasteiger partial charge on any atom is -0.339 e. The number of hydrogen-bond donors (Lipinski definition) is 1. The van der Waals surface area contributed by atoms with Crippen molar-refractivity contribution in [3.8, 4) is 11.4 Å². The summed E-state index contributed by atoms with van der Waals surface area (Å²) in [5.41, 5.74) is 2.11. The summed E-state index contributed by atoms with van der Waals surface area (Å²) in [6, 6.07) is 11.2. The molecule has 128 valence electrons. The highest BCUT2D eigenvalue weighted by Crippen LogP contribution is 2.21. The third-order valence-corrected chi connectivity index (χ3v) is 3.83. The zero-order valence-electron chi connectivity index (χ0n) is 13.4. The van der Waals surface area contributed by atoms with Crippen molar-refractivity contribution in [3.05, 3.63) is 64.8 Å². The van der Waals surface area contributed by atoms with Crippen LogP contribution >= 0.6 is 11.6 Å². The minimum atomic E-state index is -0.375. The van der Waals surface area contributed by atoms with Gasteiger partial charge >= 0.3 is 0 Å². The fourth-order valence-electron chi connectivity index (χ4n) is 2.26. The predicted octanol–water partition coefficient (Wildman–Crippen LogP) is 4.41. The van der Waals surface area contributed by atoms with Crippen LogP contribution in [0.5, 0.6) is 0 Å². The number of hydrogen-bond acceptors (Lipinski definition) is 4. The van der Waals surface area contributed by atoms with Gasteiger partial charge in [-0.15, -0.1) is 0 Å². The normalized spacial score (nSPS) is 10.7. The van der Waals surface area contributed by atoms with Gasteiger partial charge in [-0.25, -0.2) is 4.39 Å². The lowest BCUT2D eigenvalue weighted by molar-refractivity contribution is -0.116. The summed E-state index contributed by atoms with van der Waals surface area (Å²) >= 11 is 5.93. The first kappa shape index (κ1) is 17.1. The summed E-state index contributed by atoms with van der Waals surface area (Å²) < 4.78 is 18.4. The molecule has 5 nitrogen and oxygen atoms in total. The molecule has 3 aromatic rings. The third kappa shape index (κ3) is 4.42. The molecule has 0 aliphatic rings. The molecule has 3 rings (SSSR count). The number of carbonyl (C=O) groups excluding carboxylic acids is 1. The van der Waals surface area contributed by atoms with Crippen molar-refractivity contribution in [2.24, 2.45) is 0 Å². The molecule has 0 atom stereocenters. The van der Waals surface area contributed by atoms with Crippen LogP contribution < -0.4 is 5.32 Å². The van der Waals surface area contributed by atoms with Gasteiger partial charge < -0.3 is 9.84 Å². The Balaban J connectivity index is 1.60. The van der Waals surface area contributed by atoms with Gasteiger partial charge in [0.15, 0.2) is 0 Å². The van der Waals surface area contributed by atoms with Crippen LogP contribution in [-0.4, -0.2) is 16.0 Å². The van der Waals surface area contributed by atoms with Crippen molar-refractivity contribution in [1.82, 2.24) is 10.1 Å². The molecule has 1 amide bonds. The summed E-state index contributed by atoms with van der Waals surface area (Å²) in [7, 11) is 0. The van der Waals surface area contributed by atoms with E-state index in [1.807, 2.05) is 13.0 Å². The standard InChI is InChI=1S/C18H15ClFN3O2/c1-11-5-6-13(19)10-15(11)21-16(24)7-8-17-22-18(23-25-17)12-3-2-4-14(20)9-12/h2-6,9-10H,7-8H2,1H3,(H,21,24). The molecule has 7 heteroatoms. The summed E-state index contributed by atoms with van der Waals surface area (Å²) in [5, 5.41) is 7.17. The van der Waals surface area contributed by atoms with E-state index in [1.54, 1.807) is 24.3 Å². The van der Waals surface area contributed by atoms with Crippen molar-refractivity contribution >= 4 is 23.2 Å². The second kappa shape index (κ2) is 7.44. The molecular weight excluding hydrogens is 345 g/mol. The number of anilines is 1. The van der Waals surface area contributed by atoms with Gasteiger partial charge in [-0.2, -0.15) is 4.98 Å². The number of aryl methyl sites for hydroxylation is 2. The van der Waals surface area contributed by atoms with E-state index < -0.39 is 0 Å². The molecule has 0 saturated heterocycles. The van der Waals surface area contributed by atoms with E-state index in [2.05, 4.69) is 15.5 Å². The van der Waals surface area contributed by atoms with Crippen molar-refractivity contribution in [2.75, 3.05) is 5.32 Å². The summed E-state index contributed by atoms with van der Waals surface area (Å²) in [5.74, 6) is 0.0498. The number of carbonyl (C=O) groups is 1. The number of halogens is 2. The van der Waals surface area contributed by atoms with Crippen LogP contribution in [0.3, 0.4) is 0 Å². The molecule has 25 heavy (non-hydrogen) atoms. The smallest absolute Gasteiger partial charge is 0.227 e. The van der Waals surface area contributed by atoms with E-state index in [4.69, 9.17) is 16.1 Å². The quantitative estimate of drug-likeness (QED) is 0.732. The lowest BCUT2D eigenvalue weighted by Gasteiger charge is -2.08. The van der Waals surface area contributed by atoms with Gasteiger partial charge in [-0.05, 0) is 36.8 Å². The zero-order chi connectivity index (χ0) is 17.8. The van der Waals surface area contributed by atoms with E-state index in [1.165, 1.54) is 12.1 Å². The molecule has 0 spiro atoms. The molecule has 0 bridgehead atoms. The van der Waals surface area contributed by atoms with Crippen molar-refractivity contribution in [2.45, 2.75) is 19.8 Å². The predicted molar refractivity (Wildman–Crippen MR) is 92.8 cm³/mol. The van der Waals surface area contributed by atoms with Crippen LogP contribution in [0.2, 0.25) is 5.02 Å². The summed E-state index contributed by atoms with van der Waals surface area (Å²) in [6.45, 7) is 1.88. The number of rotatable bonds is 5. The Morgan fingerprint density at radius 3 is 2.92 bits per heavy atom. The first-order valence-corrected chi connectivity index (χ1v) is 8.03. The van der Waals surface area contributed by atoms with Crippen molar-refractivity contribution in [3.63, 3.8) is 0 Å². The van der Waals surface area contributed by atoms with Gasteiger partial charge in [-0.1, -0.05) is 35.0 Å². The topological polar surface area (TPSA) is 68.0 Å². The van der Waals surface area contributed by atoms with Crippen LogP contribution in [0.15, 0.2) is 47.0 Å². The SMILES string of the molecule is Cc1ccc(Cl)cc1NC(=O)CCc1nc(-c2cccc(F)c2)no1. The Labute approximate surface area is 148 Å². The second-order valence-electron chi connectivity index (χ2n) is 5.53. The molecule has 0 saturated carbocycles. The molecule has 0 radical (unpaired) electrons. The molecular formula is C18H15ClFN3O2. The highest BCUT2D eigenvalue weighted by atomic mass is 35.5. The van der Waals surface area contributed by atoms with E-state index >= 15 is 0 Å². The van der Waals surface area contributed by atoms with Crippen molar-refractivity contribution < 1.29 is 13.7 Å². The highest BCUT2D eigenvalue weighted by Gasteiger charge is 2.12. The van der Waals surface area contributed by atoms with Crippen LogP contribution in [-0.2, 0) is 11.2 Å². The second-order valence-corrected chi connectivity index (χ2v) is 5.97. The molecule has 1 aromatic heterocycles. The minimum absolute atomic E-state index is 0.177. The Morgan fingerprint density at radius 2 is 2.12 bits per heavy atom. The van der Waals surface area contributed by atoms with E-state index in [9.17, 15) is 9.18 Å². The lowest BCUT2D eigenvalue weighted by atomic mass is 10.2. The molecule has 0 aliphatic heterocycles. The largest absolute Gasteiger partial charge is 0.339 e. The molecule has 1 N–H and O–H groups in total. The van der Waals surface area contributed by atoms with Gasteiger partial charge in [0.2, 0.25) is 17.6 Å².